The molecule has 0 saturated carbocycles. The molecule has 1 unspecified atom stereocenters. The number of nitrogens with zero attached hydrogens (tertiary/aromatic N) is 1. The van der Waals surface area contributed by atoms with E-state index in [1.807, 2.05) is 0 Å². The van der Waals surface area contributed by atoms with E-state index in [0.717, 1.165) is 22.5 Å². The van der Waals surface area contributed by atoms with Gasteiger partial charge in [0.1, 0.15) is 16.8 Å². The highest BCUT2D eigenvalue weighted by Gasteiger charge is 2.39. The maximum Gasteiger partial charge on any atom is 0.245 e. The molecule has 6 nitrogen and oxygen atoms in total. The normalized spacial score (nSPS) is 20.0. The number of halogens is 1. The molecule has 0 bridgehead atoms. The second kappa shape index (κ2) is 5.37. The first-order valence-electron chi connectivity index (χ1n) is 6.16. The van der Waals surface area contributed by atoms with Crippen molar-refractivity contribution in [2.75, 3.05) is 19.3 Å². The van der Waals surface area contributed by atoms with E-state index in [9.17, 15) is 17.6 Å². The zero-order valence-electron chi connectivity index (χ0n) is 11.0. The van der Waals surface area contributed by atoms with Gasteiger partial charge in [0.05, 0.1) is 5.69 Å². The van der Waals surface area contributed by atoms with Gasteiger partial charge in [-0.05, 0) is 31.0 Å². The summed E-state index contributed by atoms with van der Waals surface area (Å²) in [5, 5.41) is 2.45. The lowest BCUT2D eigenvalue weighted by Gasteiger charge is -2.23. The quantitative estimate of drug-likeness (QED) is 0.786. The summed E-state index contributed by atoms with van der Waals surface area (Å²) in [5.41, 5.74) is 5.42. The van der Waals surface area contributed by atoms with E-state index >= 15 is 0 Å². The molecule has 1 saturated heterocycles. The van der Waals surface area contributed by atoms with E-state index in [0.29, 0.717) is 12.8 Å². The average molecular weight is 301 g/mol. The molecule has 110 valence electrons. The van der Waals surface area contributed by atoms with Gasteiger partial charge in [-0.2, -0.15) is 4.31 Å². The molecule has 0 radical (unpaired) electrons. The standard InChI is InChI=1S/C12H16FN3O3S/c1-15-12(17)10-3-2-6-16(10)20(18,19)11-5-4-8(13)7-9(11)14/h4-5,7,10H,2-3,6,14H2,1H3,(H,15,17). The number of sulfonamides is 1. The Labute approximate surface area is 116 Å². The molecule has 1 amide bonds. The third-order valence-electron chi connectivity index (χ3n) is 3.31. The lowest BCUT2D eigenvalue weighted by molar-refractivity contribution is -0.123. The van der Waals surface area contributed by atoms with Gasteiger partial charge in [0, 0.05) is 13.6 Å². The van der Waals surface area contributed by atoms with E-state index in [-0.39, 0.29) is 23.0 Å². The fourth-order valence-electron chi connectivity index (χ4n) is 2.34. The molecule has 1 atom stereocenters. The van der Waals surface area contributed by atoms with Crippen molar-refractivity contribution in [3.8, 4) is 0 Å². The number of rotatable bonds is 3. The molecule has 1 aromatic carbocycles. The number of benzene rings is 1. The highest BCUT2D eigenvalue weighted by molar-refractivity contribution is 7.89. The Morgan fingerprint density at radius 1 is 1.50 bits per heavy atom. The molecular weight excluding hydrogens is 285 g/mol. The van der Waals surface area contributed by atoms with Crippen molar-refractivity contribution < 1.29 is 17.6 Å². The van der Waals surface area contributed by atoms with E-state index in [4.69, 9.17) is 5.73 Å². The molecule has 0 spiro atoms. The van der Waals surface area contributed by atoms with Crippen LogP contribution in [0.2, 0.25) is 0 Å². The van der Waals surface area contributed by atoms with Crippen LogP contribution in [0.3, 0.4) is 0 Å². The van der Waals surface area contributed by atoms with Crippen LogP contribution < -0.4 is 11.1 Å². The van der Waals surface area contributed by atoms with Gasteiger partial charge < -0.3 is 11.1 Å². The monoisotopic (exact) mass is 301 g/mol. The topological polar surface area (TPSA) is 92.5 Å². The van der Waals surface area contributed by atoms with Crippen molar-refractivity contribution in [3.05, 3.63) is 24.0 Å². The van der Waals surface area contributed by atoms with Crippen LogP contribution in [0.4, 0.5) is 10.1 Å². The largest absolute Gasteiger partial charge is 0.398 e. The summed E-state index contributed by atoms with van der Waals surface area (Å²) < 4.78 is 39.2. The third-order valence-corrected chi connectivity index (χ3v) is 5.29. The minimum atomic E-state index is -3.91. The molecule has 1 aromatic rings. The highest BCUT2D eigenvalue weighted by Crippen LogP contribution is 2.29. The first kappa shape index (κ1) is 14.7. The number of nitrogens with one attached hydrogen (secondary N) is 1. The summed E-state index contributed by atoms with van der Waals surface area (Å²) in [6, 6.07) is 2.38. The zero-order valence-corrected chi connectivity index (χ0v) is 11.8. The third kappa shape index (κ3) is 2.48. The zero-order chi connectivity index (χ0) is 14.9. The van der Waals surface area contributed by atoms with Crippen LogP contribution in [0.15, 0.2) is 23.1 Å². The van der Waals surface area contributed by atoms with Crippen LogP contribution in [-0.4, -0.2) is 38.3 Å². The van der Waals surface area contributed by atoms with E-state index < -0.39 is 21.9 Å². The second-order valence-corrected chi connectivity index (χ2v) is 6.43. The maximum atomic E-state index is 13.0. The molecule has 1 aliphatic rings. The Morgan fingerprint density at radius 3 is 2.80 bits per heavy atom. The summed E-state index contributed by atoms with van der Waals surface area (Å²) in [6.07, 6.45) is 1.05. The summed E-state index contributed by atoms with van der Waals surface area (Å²) in [6.45, 7) is 0.247. The molecule has 1 heterocycles. The van der Waals surface area contributed by atoms with Gasteiger partial charge in [-0.3, -0.25) is 4.79 Å². The number of anilines is 1. The molecule has 20 heavy (non-hydrogen) atoms. The Bertz CT molecular complexity index is 633. The molecule has 1 aliphatic heterocycles. The van der Waals surface area contributed by atoms with Gasteiger partial charge in [-0.1, -0.05) is 0 Å². The van der Waals surface area contributed by atoms with Gasteiger partial charge in [-0.25, -0.2) is 12.8 Å². The molecule has 1 fully saturated rings. The molecule has 3 N–H and O–H groups in total. The van der Waals surface area contributed by atoms with Gasteiger partial charge in [0.25, 0.3) is 0 Å². The van der Waals surface area contributed by atoms with Crippen LogP contribution >= 0.6 is 0 Å². The maximum absolute atomic E-state index is 13.0. The van der Waals surface area contributed by atoms with Gasteiger partial charge in [0.2, 0.25) is 15.9 Å². The summed E-state index contributed by atoms with van der Waals surface area (Å²) >= 11 is 0. The number of amides is 1. The average Bonchev–Trinajstić information content (AvgIpc) is 2.87. The number of carbonyl (C=O) groups is 1. The minimum absolute atomic E-state index is 0.160. The lowest BCUT2D eigenvalue weighted by Crippen LogP contribution is -2.44. The number of hydrogen-bond donors (Lipinski definition) is 2. The number of likely N-dealkylation sites (N-methyl/N-ethyl adjacent to an activating group) is 1. The van der Waals surface area contributed by atoms with Gasteiger partial charge in [-0.15, -0.1) is 0 Å². The summed E-state index contributed by atoms with van der Waals surface area (Å²) in [4.78, 5) is 11.6. The van der Waals surface area contributed by atoms with Crippen molar-refractivity contribution in [1.29, 1.82) is 0 Å². The Hall–Kier alpha value is -1.67. The molecular formula is C12H16FN3O3S. The number of nitrogens with two attached hydrogens (primary N) is 1. The number of carbonyl (C=O) groups excluding carboxylic acids is 1. The second-order valence-electron chi connectivity index (χ2n) is 4.57. The van der Waals surface area contributed by atoms with Crippen molar-refractivity contribution in [3.63, 3.8) is 0 Å². The number of hydrogen-bond acceptors (Lipinski definition) is 4. The van der Waals surface area contributed by atoms with Crippen molar-refractivity contribution in [1.82, 2.24) is 9.62 Å². The van der Waals surface area contributed by atoms with E-state index in [1.54, 1.807) is 0 Å². The van der Waals surface area contributed by atoms with E-state index in [1.165, 1.54) is 7.05 Å². The molecule has 2 rings (SSSR count). The fourth-order valence-corrected chi connectivity index (χ4v) is 4.09. The highest BCUT2D eigenvalue weighted by atomic mass is 32.2. The molecule has 0 aliphatic carbocycles. The summed E-state index contributed by atoms with van der Waals surface area (Å²) in [7, 11) is -2.45. The number of nitrogen functional groups attached to an aromatic ring is 1. The lowest BCUT2D eigenvalue weighted by atomic mass is 10.2. The SMILES string of the molecule is CNC(=O)C1CCCN1S(=O)(=O)c1ccc(F)cc1N. The Balaban J connectivity index is 2.41. The van der Waals surface area contributed by atoms with E-state index in [2.05, 4.69) is 5.32 Å². The fraction of sp³-hybridized carbons (Fsp3) is 0.417. The van der Waals surface area contributed by atoms with Crippen molar-refractivity contribution in [2.24, 2.45) is 0 Å². The van der Waals surface area contributed by atoms with Gasteiger partial charge >= 0.3 is 0 Å². The smallest absolute Gasteiger partial charge is 0.245 e. The predicted molar refractivity (Wildman–Crippen MR) is 71.8 cm³/mol. The Kier molecular flexibility index (Phi) is 3.96. The van der Waals surface area contributed by atoms with Crippen LogP contribution in [-0.2, 0) is 14.8 Å². The first-order chi connectivity index (χ1) is 9.37. The van der Waals surface area contributed by atoms with Crippen LogP contribution in [0.25, 0.3) is 0 Å². The van der Waals surface area contributed by atoms with Crippen molar-refractivity contribution in [2.45, 2.75) is 23.8 Å². The first-order valence-corrected chi connectivity index (χ1v) is 7.60. The van der Waals surface area contributed by atoms with Crippen LogP contribution in [0.5, 0.6) is 0 Å². The van der Waals surface area contributed by atoms with Gasteiger partial charge in [0.15, 0.2) is 0 Å². The Morgan fingerprint density at radius 2 is 2.20 bits per heavy atom. The predicted octanol–water partition coefficient (Wildman–Crippen LogP) is 0.307. The molecule has 8 heteroatoms. The van der Waals surface area contributed by atoms with Crippen LogP contribution in [0.1, 0.15) is 12.8 Å². The molecule has 0 aromatic heterocycles. The minimum Gasteiger partial charge on any atom is -0.398 e. The van der Waals surface area contributed by atoms with Crippen molar-refractivity contribution >= 4 is 21.6 Å². The van der Waals surface area contributed by atoms with Crippen LogP contribution in [0, 0.1) is 5.82 Å². The summed E-state index contributed by atoms with van der Waals surface area (Å²) in [5.74, 6) is -0.961.